The molecular formula is C13H18N4O2. The highest BCUT2D eigenvalue weighted by Crippen LogP contribution is 2.15. The lowest BCUT2D eigenvalue weighted by molar-refractivity contribution is 0.0732. The van der Waals surface area contributed by atoms with Crippen molar-refractivity contribution in [3.63, 3.8) is 0 Å². The highest BCUT2D eigenvalue weighted by atomic mass is 16.3. The Morgan fingerprint density at radius 1 is 1.42 bits per heavy atom. The first-order valence-electron chi connectivity index (χ1n) is 6.44. The lowest BCUT2D eigenvalue weighted by atomic mass is 10.1. The minimum atomic E-state index is -0.0931. The number of aryl methyl sites for hydroxylation is 1. The molecule has 0 spiro atoms. The van der Waals surface area contributed by atoms with Crippen molar-refractivity contribution in [1.82, 2.24) is 19.9 Å². The number of hydrogen-bond donors (Lipinski definition) is 1. The average molecular weight is 262 g/mol. The molecule has 1 aromatic carbocycles. The number of aromatic nitrogens is 3. The van der Waals surface area contributed by atoms with Crippen LogP contribution in [0.5, 0.6) is 0 Å². The van der Waals surface area contributed by atoms with Gasteiger partial charge in [-0.25, -0.2) is 4.68 Å². The summed E-state index contributed by atoms with van der Waals surface area (Å²) in [4.78, 5) is 13.8. The maximum Gasteiger partial charge on any atom is 0.254 e. The summed E-state index contributed by atoms with van der Waals surface area (Å²) in [5.74, 6) is -0.0931. The Bertz CT molecular complexity index is 579. The smallest absolute Gasteiger partial charge is 0.254 e. The molecule has 0 aliphatic heterocycles. The molecule has 0 saturated carbocycles. The number of likely N-dealkylation sites (N-methyl/N-ethyl adjacent to an activating group) is 1. The van der Waals surface area contributed by atoms with Crippen molar-refractivity contribution in [1.29, 1.82) is 0 Å². The van der Waals surface area contributed by atoms with E-state index in [0.717, 1.165) is 12.1 Å². The molecule has 1 aromatic heterocycles. The summed E-state index contributed by atoms with van der Waals surface area (Å²) in [6.07, 6.45) is 0. The van der Waals surface area contributed by atoms with Gasteiger partial charge in [0.05, 0.1) is 12.1 Å². The second kappa shape index (κ2) is 5.79. The van der Waals surface area contributed by atoms with Gasteiger partial charge in [-0.3, -0.25) is 4.79 Å². The van der Waals surface area contributed by atoms with E-state index in [9.17, 15) is 4.79 Å². The van der Waals surface area contributed by atoms with Crippen LogP contribution < -0.4 is 0 Å². The molecule has 0 unspecified atom stereocenters. The van der Waals surface area contributed by atoms with Crippen molar-refractivity contribution in [2.75, 3.05) is 19.7 Å². The number of hydrogen-bond acceptors (Lipinski definition) is 4. The Hall–Kier alpha value is -1.95. The molecule has 0 fully saturated rings. The lowest BCUT2D eigenvalue weighted by Crippen LogP contribution is -2.33. The van der Waals surface area contributed by atoms with E-state index in [4.69, 9.17) is 5.11 Å². The van der Waals surface area contributed by atoms with Gasteiger partial charge in [0.15, 0.2) is 0 Å². The van der Waals surface area contributed by atoms with E-state index in [1.165, 1.54) is 0 Å². The van der Waals surface area contributed by atoms with Gasteiger partial charge in [0, 0.05) is 25.2 Å². The molecule has 0 radical (unpaired) electrons. The number of carbonyl (C=O) groups is 1. The normalized spacial score (nSPS) is 10.9. The molecule has 2 rings (SSSR count). The van der Waals surface area contributed by atoms with E-state index < -0.39 is 0 Å². The van der Waals surface area contributed by atoms with Crippen molar-refractivity contribution < 1.29 is 9.90 Å². The SMILES string of the molecule is CCN(CCO)C(=O)c1ccc2c(c1)nnn2CC. The number of aliphatic hydroxyl groups excluding tert-OH is 1. The first kappa shape index (κ1) is 13.5. The van der Waals surface area contributed by atoms with Gasteiger partial charge in [0.2, 0.25) is 0 Å². The average Bonchev–Trinajstić information content (AvgIpc) is 2.86. The van der Waals surface area contributed by atoms with Crippen LogP contribution in [-0.4, -0.2) is 50.6 Å². The molecule has 0 bridgehead atoms. The molecule has 1 N–H and O–H groups in total. The van der Waals surface area contributed by atoms with Gasteiger partial charge in [0.25, 0.3) is 5.91 Å². The van der Waals surface area contributed by atoms with Gasteiger partial charge in [-0.15, -0.1) is 5.10 Å². The minimum Gasteiger partial charge on any atom is -0.395 e. The fraction of sp³-hybridized carbons (Fsp3) is 0.462. The van der Waals surface area contributed by atoms with Gasteiger partial charge in [-0.2, -0.15) is 0 Å². The molecule has 19 heavy (non-hydrogen) atoms. The quantitative estimate of drug-likeness (QED) is 0.869. The Labute approximate surface area is 111 Å². The highest BCUT2D eigenvalue weighted by molar-refractivity contribution is 5.97. The number of amides is 1. The molecule has 6 heteroatoms. The zero-order valence-corrected chi connectivity index (χ0v) is 11.2. The second-order valence-corrected chi connectivity index (χ2v) is 4.22. The van der Waals surface area contributed by atoms with Crippen molar-refractivity contribution in [3.05, 3.63) is 23.8 Å². The molecule has 0 atom stereocenters. The van der Waals surface area contributed by atoms with E-state index in [1.54, 1.807) is 21.7 Å². The number of rotatable bonds is 5. The summed E-state index contributed by atoms with van der Waals surface area (Å²) in [6.45, 7) is 5.50. The molecule has 1 heterocycles. The maximum absolute atomic E-state index is 12.2. The van der Waals surface area contributed by atoms with Gasteiger partial charge < -0.3 is 10.0 Å². The zero-order valence-electron chi connectivity index (χ0n) is 11.2. The summed E-state index contributed by atoms with van der Waals surface area (Å²) in [7, 11) is 0. The topological polar surface area (TPSA) is 71.2 Å². The van der Waals surface area contributed by atoms with Crippen LogP contribution >= 0.6 is 0 Å². The standard InChI is InChI=1S/C13H18N4O2/c1-3-16(7-8-18)13(19)10-5-6-12-11(9-10)14-15-17(12)4-2/h5-6,9,18H,3-4,7-8H2,1-2H3. The largest absolute Gasteiger partial charge is 0.395 e. The maximum atomic E-state index is 12.2. The fourth-order valence-electron chi connectivity index (χ4n) is 2.05. The number of benzene rings is 1. The molecule has 102 valence electrons. The Kier molecular flexibility index (Phi) is 4.11. The van der Waals surface area contributed by atoms with Gasteiger partial charge in [-0.1, -0.05) is 5.21 Å². The summed E-state index contributed by atoms with van der Waals surface area (Å²) >= 11 is 0. The van der Waals surface area contributed by atoms with E-state index in [2.05, 4.69) is 10.3 Å². The molecule has 1 amide bonds. The first-order valence-corrected chi connectivity index (χ1v) is 6.44. The van der Waals surface area contributed by atoms with E-state index in [1.807, 2.05) is 19.9 Å². The number of aliphatic hydroxyl groups is 1. The number of fused-ring (bicyclic) bond motifs is 1. The van der Waals surface area contributed by atoms with Crippen molar-refractivity contribution in [2.45, 2.75) is 20.4 Å². The molecule has 0 aliphatic rings. The van der Waals surface area contributed by atoms with Crippen molar-refractivity contribution >= 4 is 16.9 Å². The van der Waals surface area contributed by atoms with Gasteiger partial charge in [-0.05, 0) is 32.0 Å². The Balaban J connectivity index is 2.32. The third kappa shape index (κ3) is 2.58. The predicted octanol–water partition coefficient (Wildman–Crippen LogP) is 0.906. The van der Waals surface area contributed by atoms with Crippen LogP contribution in [0, 0.1) is 0 Å². The van der Waals surface area contributed by atoms with Crippen LogP contribution in [0.15, 0.2) is 18.2 Å². The van der Waals surface area contributed by atoms with E-state index >= 15 is 0 Å². The second-order valence-electron chi connectivity index (χ2n) is 4.22. The molecule has 0 aliphatic carbocycles. The third-order valence-corrected chi connectivity index (χ3v) is 3.10. The van der Waals surface area contributed by atoms with Crippen LogP contribution in [-0.2, 0) is 6.54 Å². The first-order chi connectivity index (χ1) is 9.21. The van der Waals surface area contributed by atoms with E-state index in [0.29, 0.717) is 24.2 Å². The number of nitrogens with zero attached hydrogens (tertiary/aromatic N) is 4. The van der Waals surface area contributed by atoms with Crippen molar-refractivity contribution in [3.8, 4) is 0 Å². The summed E-state index contributed by atoms with van der Waals surface area (Å²) in [6, 6.07) is 5.38. The minimum absolute atomic E-state index is 0.0339. The van der Waals surface area contributed by atoms with Crippen LogP contribution in [0.4, 0.5) is 0 Å². The third-order valence-electron chi connectivity index (χ3n) is 3.10. The lowest BCUT2D eigenvalue weighted by Gasteiger charge is -2.19. The van der Waals surface area contributed by atoms with E-state index in [-0.39, 0.29) is 12.5 Å². The molecular weight excluding hydrogens is 244 g/mol. The summed E-state index contributed by atoms with van der Waals surface area (Å²) in [5.41, 5.74) is 2.21. The summed E-state index contributed by atoms with van der Waals surface area (Å²) in [5, 5.41) is 17.0. The van der Waals surface area contributed by atoms with Gasteiger partial charge >= 0.3 is 0 Å². The van der Waals surface area contributed by atoms with Crippen LogP contribution in [0.25, 0.3) is 11.0 Å². The molecule has 0 saturated heterocycles. The predicted molar refractivity (Wildman–Crippen MR) is 71.9 cm³/mol. The van der Waals surface area contributed by atoms with Crippen LogP contribution in [0.2, 0.25) is 0 Å². The zero-order chi connectivity index (χ0) is 13.8. The van der Waals surface area contributed by atoms with Crippen molar-refractivity contribution in [2.24, 2.45) is 0 Å². The monoisotopic (exact) mass is 262 g/mol. The van der Waals surface area contributed by atoms with Crippen LogP contribution in [0.3, 0.4) is 0 Å². The Morgan fingerprint density at radius 2 is 2.21 bits per heavy atom. The summed E-state index contributed by atoms with van der Waals surface area (Å²) < 4.78 is 1.79. The van der Waals surface area contributed by atoms with Crippen LogP contribution in [0.1, 0.15) is 24.2 Å². The van der Waals surface area contributed by atoms with Gasteiger partial charge in [0.1, 0.15) is 5.52 Å². The molecule has 6 nitrogen and oxygen atoms in total. The number of carbonyl (C=O) groups excluding carboxylic acids is 1. The fourth-order valence-corrected chi connectivity index (χ4v) is 2.05. The highest BCUT2D eigenvalue weighted by Gasteiger charge is 2.15. The Morgan fingerprint density at radius 3 is 2.84 bits per heavy atom. The molecule has 2 aromatic rings.